The molecular formula is C13H16F3NO. The first-order chi connectivity index (χ1) is 8.46. The Balaban J connectivity index is 1.91. The lowest BCUT2D eigenvalue weighted by Gasteiger charge is -2.15. The molecule has 0 saturated heterocycles. The summed E-state index contributed by atoms with van der Waals surface area (Å²) in [5.74, 6) is 0. The van der Waals surface area contributed by atoms with Gasteiger partial charge in [0.05, 0.1) is 12.6 Å². The number of hydrogen-bond acceptors (Lipinski definition) is 2. The summed E-state index contributed by atoms with van der Waals surface area (Å²) in [6, 6.07) is 5.38. The monoisotopic (exact) mass is 259 g/mol. The van der Waals surface area contributed by atoms with Crippen LogP contribution in [0.3, 0.4) is 0 Å². The van der Waals surface area contributed by atoms with Crippen molar-refractivity contribution in [1.82, 2.24) is 0 Å². The maximum atomic E-state index is 11.9. The molecule has 1 atom stereocenters. The van der Waals surface area contributed by atoms with E-state index < -0.39 is 18.8 Å². The molecule has 2 nitrogen and oxygen atoms in total. The lowest BCUT2D eigenvalue weighted by atomic mass is 10.0. The Hall–Kier alpha value is -1.07. The average Bonchev–Trinajstić information content (AvgIpc) is 2.73. The maximum absolute atomic E-state index is 11.9. The predicted molar refractivity (Wildman–Crippen MR) is 62.3 cm³/mol. The van der Waals surface area contributed by atoms with Crippen molar-refractivity contribution >= 4 is 0 Å². The minimum atomic E-state index is -4.29. The molecule has 0 aliphatic heterocycles. The summed E-state index contributed by atoms with van der Waals surface area (Å²) in [6.07, 6.45) is -1.05. The number of hydrogen-bond donors (Lipinski definition) is 1. The molecule has 0 fully saturated rings. The van der Waals surface area contributed by atoms with Crippen molar-refractivity contribution in [1.29, 1.82) is 0 Å². The standard InChI is InChI=1S/C13H16F3NO/c14-13(15,16)8-18-7-12(17)11-5-4-9-2-1-3-10(9)6-11/h4-6,12H,1-3,7-8,17H2. The van der Waals surface area contributed by atoms with Crippen molar-refractivity contribution < 1.29 is 17.9 Å². The van der Waals surface area contributed by atoms with Crippen LogP contribution in [0.5, 0.6) is 0 Å². The molecule has 18 heavy (non-hydrogen) atoms. The Bertz CT molecular complexity index is 417. The van der Waals surface area contributed by atoms with E-state index in [-0.39, 0.29) is 6.61 Å². The quantitative estimate of drug-likeness (QED) is 0.902. The number of ether oxygens (including phenoxy) is 1. The highest BCUT2D eigenvalue weighted by molar-refractivity contribution is 5.36. The molecule has 0 radical (unpaired) electrons. The second-order valence-corrected chi connectivity index (χ2v) is 4.62. The molecule has 1 aromatic carbocycles. The van der Waals surface area contributed by atoms with Gasteiger partial charge in [-0.15, -0.1) is 0 Å². The second kappa shape index (κ2) is 5.28. The fourth-order valence-electron chi connectivity index (χ4n) is 2.22. The maximum Gasteiger partial charge on any atom is 0.411 e. The summed E-state index contributed by atoms with van der Waals surface area (Å²) in [6.45, 7) is -1.36. The Morgan fingerprint density at radius 1 is 1.22 bits per heavy atom. The number of nitrogens with two attached hydrogens (primary N) is 1. The molecule has 0 amide bonds. The molecule has 1 unspecified atom stereocenters. The third-order valence-electron chi connectivity index (χ3n) is 3.11. The van der Waals surface area contributed by atoms with Crippen molar-refractivity contribution in [3.63, 3.8) is 0 Å². The van der Waals surface area contributed by atoms with Gasteiger partial charge in [0.15, 0.2) is 0 Å². The molecule has 1 aliphatic rings. The van der Waals surface area contributed by atoms with Crippen molar-refractivity contribution in [3.8, 4) is 0 Å². The van der Waals surface area contributed by atoms with Gasteiger partial charge in [-0.2, -0.15) is 13.2 Å². The van der Waals surface area contributed by atoms with Gasteiger partial charge >= 0.3 is 6.18 Å². The smallest absolute Gasteiger partial charge is 0.370 e. The largest absolute Gasteiger partial charge is 0.411 e. The van der Waals surface area contributed by atoms with Gasteiger partial charge < -0.3 is 10.5 Å². The lowest BCUT2D eigenvalue weighted by Crippen LogP contribution is -2.23. The molecular weight excluding hydrogens is 243 g/mol. The molecule has 2 N–H and O–H groups in total. The molecule has 0 spiro atoms. The van der Waals surface area contributed by atoms with Gasteiger partial charge in [0.25, 0.3) is 0 Å². The highest BCUT2D eigenvalue weighted by Crippen LogP contribution is 2.25. The van der Waals surface area contributed by atoms with Crippen molar-refractivity contribution in [2.75, 3.05) is 13.2 Å². The van der Waals surface area contributed by atoms with Crippen LogP contribution in [0, 0.1) is 0 Å². The number of aryl methyl sites for hydroxylation is 2. The van der Waals surface area contributed by atoms with Crippen LogP contribution in [0.1, 0.15) is 29.2 Å². The van der Waals surface area contributed by atoms with Crippen LogP contribution in [-0.2, 0) is 17.6 Å². The Labute approximate surface area is 104 Å². The van der Waals surface area contributed by atoms with Crippen LogP contribution < -0.4 is 5.73 Å². The highest BCUT2D eigenvalue weighted by atomic mass is 19.4. The molecule has 1 aromatic rings. The first-order valence-electron chi connectivity index (χ1n) is 5.97. The molecule has 5 heteroatoms. The highest BCUT2D eigenvalue weighted by Gasteiger charge is 2.27. The van der Waals surface area contributed by atoms with Gasteiger partial charge in [-0.25, -0.2) is 0 Å². The molecule has 1 aliphatic carbocycles. The number of alkyl halides is 3. The van der Waals surface area contributed by atoms with Gasteiger partial charge in [0.2, 0.25) is 0 Å². The van der Waals surface area contributed by atoms with Crippen molar-refractivity contribution in [3.05, 3.63) is 34.9 Å². The second-order valence-electron chi connectivity index (χ2n) is 4.62. The summed E-state index contributed by atoms with van der Waals surface area (Å²) >= 11 is 0. The zero-order valence-corrected chi connectivity index (χ0v) is 9.96. The number of fused-ring (bicyclic) bond motifs is 1. The first kappa shape index (κ1) is 13.4. The summed E-state index contributed by atoms with van der Waals surface area (Å²) in [5.41, 5.74) is 9.26. The van der Waals surface area contributed by atoms with Crippen LogP contribution in [0.15, 0.2) is 18.2 Å². The van der Waals surface area contributed by atoms with E-state index in [1.807, 2.05) is 18.2 Å². The molecule has 0 heterocycles. The van der Waals surface area contributed by atoms with E-state index in [9.17, 15) is 13.2 Å². The number of rotatable bonds is 4. The topological polar surface area (TPSA) is 35.2 Å². The minimum Gasteiger partial charge on any atom is -0.370 e. The Morgan fingerprint density at radius 3 is 2.67 bits per heavy atom. The Kier molecular flexibility index (Phi) is 3.92. The van der Waals surface area contributed by atoms with E-state index in [4.69, 9.17) is 5.73 Å². The van der Waals surface area contributed by atoms with Crippen LogP contribution in [0.2, 0.25) is 0 Å². The predicted octanol–water partition coefficient (Wildman–Crippen LogP) is 2.75. The summed E-state index contributed by atoms with van der Waals surface area (Å²) < 4.78 is 40.4. The van der Waals surface area contributed by atoms with Crippen LogP contribution >= 0.6 is 0 Å². The number of benzene rings is 1. The zero-order chi connectivity index (χ0) is 13.2. The zero-order valence-electron chi connectivity index (χ0n) is 9.96. The Morgan fingerprint density at radius 2 is 1.94 bits per heavy atom. The van der Waals surface area contributed by atoms with Gasteiger partial charge in [-0.3, -0.25) is 0 Å². The van der Waals surface area contributed by atoms with E-state index in [2.05, 4.69) is 4.74 Å². The fraction of sp³-hybridized carbons (Fsp3) is 0.538. The molecule has 2 rings (SSSR count). The third-order valence-corrected chi connectivity index (χ3v) is 3.11. The first-order valence-corrected chi connectivity index (χ1v) is 5.97. The lowest BCUT2D eigenvalue weighted by molar-refractivity contribution is -0.174. The normalized spacial score (nSPS) is 16.7. The van der Waals surface area contributed by atoms with Crippen LogP contribution in [0.25, 0.3) is 0 Å². The molecule has 100 valence electrons. The molecule has 0 saturated carbocycles. The van der Waals surface area contributed by atoms with Crippen LogP contribution in [0.4, 0.5) is 13.2 Å². The van der Waals surface area contributed by atoms with Crippen molar-refractivity contribution in [2.24, 2.45) is 5.73 Å². The van der Waals surface area contributed by atoms with Gasteiger partial charge in [-0.05, 0) is 36.0 Å². The SMILES string of the molecule is NC(COCC(F)(F)F)c1ccc2c(c1)CCC2. The number of halogens is 3. The van der Waals surface area contributed by atoms with Gasteiger partial charge in [0, 0.05) is 0 Å². The van der Waals surface area contributed by atoms with E-state index >= 15 is 0 Å². The summed E-state index contributed by atoms with van der Waals surface area (Å²) in [7, 11) is 0. The third kappa shape index (κ3) is 3.46. The summed E-state index contributed by atoms with van der Waals surface area (Å²) in [5, 5.41) is 0. The minimum absolute atomic E-state index is 0.113. The van der Waals surface area contributed by atoms with E-state index in [1.165, 1.54) is 11.1 Å². The van der Waals surface area contributed by atoms with E-state index in [1.54, 1.807) is 0 Å². The van der Waals surface area contributed by atoms with Gasteiger partial charge in [-0.1, -0.05) is 18.2 Å². The van der Waals surface area contributed by atoms with Gasteiger partial charge in [0.1, 0.15) is 6.61 Å². The van der Waals surface area contributed by atoms with Crippen molar-refractivity contribution in [2.45, 2.75) is 31.5 Å². The van der Waals surface area contributed by atoms with Crippen LogP contribution in [-0.4, -0.2) is 19.4 Å². The van der Waals surface area contributed by atoms with E-state index in [0.717, 1.165) is 24.8 Å². The molecule has 0 aromatic heterocycles. The summed E-state index contributed by atoms with van der Waals surface area (Å²) in [4.78, 5) is 0. The molecule has 0 bridgehead atoms. The fourth-order valence-corrected chi connectivity index (χ4v) is 2.22. The average molecular weight is 259 g/mol. The van der Waals surface area contributed by atoms with E-state index in [0.29, 0.717) is 0 Å².